The molecule has 2 atom stereocenters. The van der Waals surface area contributed by atoms with E-state index in [0.717, 1.165) is 19.4 Å². The van der Waals surface area contributed by atoms with Crippen molar-refractivity contribution in [1.82, 2.24) is 10.2 Å². The van der Waals surface area contributed by atoms with Gasteiger partial charge in [0.2, 0.25) is 0 Å². The molecule has 1 saturated heterocycles. The van der Waals surface area contributed by atoms with Gasteiger partial charge in [0.1, 0.15) is 11.4 Å². The van der Waals surface area contributed by atoms with E-state index in [1.54, 1.807) is 4.90 Å². The standard InChI is InChI=1S/C11H16N4O/c1-3-8(2)15-10(16)14-9(12)11(15)5-4-6-13-7-11/h1,8,13H,4-7H2,2H3,(H2,12,14,16). The summed E-state index contributed by atoms with van der Waals surface area (Å²) in [6, 6.07) is -0.594. The molecular weight excluding hydrogens is 204 g/mol. The molecule has 2 aliphatic heterocycles. The summed E-state index contributed by atoms with van der Waals surface area (Å²) in [5.74, 6) is 2.97. The number of hydrogen-bond donors (Lipinski definition) is 2. The molecule has 0 bridgehead atoms. The first-order valence-electron chi connectivity index (χ1n) is 5.46. The average molecular weight is 220 g/mol. The lowest BCUT2D eigenvalue weighted by Crippen LogP contribution is -2.64. The highest BCUT2D eigenvalue weighted by Gasteiger charge is 2.50. The summed E-state index contributed by atoms with van der Waals surface area (Å²) >= 11 is 0. The maximum absolute atomic E-state index is 11.8. The van der Waals surface area contributed by atoms with Crippen molar-refractivity contribution in [3.05, 3.63) is 0 Å². The molecule has 0 aromatic rings. The Morgan fingerprint density at radius 1 is 1.75 bits per heavy atom. The fourth-order valence-corrected chi connectivity index (χ4v) is 2.49. The summed E-state index contributed by atoms with van der Waals surface area (Å²) in [6.07, 6.45) is 7.19. The first kappa shape index (κ1) is 11.0. The molecule has 0 saturated carbocycles. The quantitative estimate of drug-likeness (QED) is 0.607. The van der Waals surface area contributed by atoms with Crippen molar-refractivity contribution >= 4 is 11.9 Å². The SMILES string of the molecule is C#CC(C)N1C(=O)N=C(N)C12CCCNC2. The lowest BCUT2D eigenvalue weighted by Gasteiger charge is -2.42. The Labute approximate surface area is 95.1 Å². The van der Waals surface area contributed by atoms with Gasteiger partial charge in [-0.25, -0.2) is 4.79 Å². The third kappa shape index (κ3) is 1.38. The number of carbonyl (C=O) groups is 1. The van der Waals surface area contributed by atoms with Crippen LogP contribution in [0, 0.1) is 12.3 Å². The maximum atomic E-state index is 11.8. The van der Waals surface area contributed by atoms with Crippen LogP contribution in [0.15, 0.2) is 4.99 Å². The van der Waals surface area contributed by atoms with Crippen LogP contribution in [-0.2, 0) is 0 Å². The summed E-state index contributed by atoms with van der Waals surface area (Å²) < 4.78 is 0. The van der Waals surface area contributed by atoms with Crippen LogP contribution in [-0.4, -0.2) is 41.4 Å². The van der Waals surface area contributed by atoms with Crippen LogP contribution in [0.2, 0.25) is 0 Å². The van der Waals surface area contributed by atoms with Crippen molar-refractivity contribution < 1.29 is 4.79 Å². The highest BCUT2D eigenvalue weighted by molar-refractivity contribution is 6.06. The Kier molecular flexibility index (Phi) is 2.60. The fourth-order valence-electron chi connectivity index (χ4n) is 2.49. The zero-order chi connectivity index (χ0) is 11.8. The minimum absolute atomic E-state index is 0.280. The average Bonchev–Trinajstić information content (AvgIpc) is 2.51. The van der Waals surface area contributed by atoms with Crippen LogP contribution in [0.3, 0.4) is 0 Å². The van der Waals surface area contributed by atoms with Gasteiger partial charge in [0, 0.05) is 6.54 Å². The van der Waals surface area contributed by atoms with Gasteiger partial charge in [-0.3, -0.25) is 4.90 Å². The minimum atomic E-state index is -0.499. The molecule has 0 radical (unpaired) electrons. The second-order valence-corrected chi connectivity index (χ2v) is 4.30. The van der Waals surface area contributed by atoms with Gasteiger partial charge in [-0.05, 0) is 26.3 Å². The second-order valence-electron chi connectivity index (χ2n) is 4.30. The summed E-state index contributed by atoms with van der Waals surface area (Å²) in [5, 5.41) is 3.25. The number of nitrogens with one attached hydrogen (secondary N) is 1. The molecule has 2 aliphatic rings. The largest absolute Gasteiger partial charge is 0.385 e. The lowest BCUT2D eigenvalue weighted by atomic mass is 9.87. The minimum Gasteiger partial charge on any atom is -0.385 e. The predicted molar refractivity (Wildman–Crippen MR) is 62.0 cm³/mol. The van der Waals surface area contributed by atoms with Crippen molar-refractivity contribution in [3.8, 4) is 12.3 Å². The zero-order valence-electron chi connectivity index (χ0n) is 9.36. The van der Waals surface area contributed by atoms with Crippen molar-refractivity contribution in [2.24, 2.45) is 10.7 Å². The van der Waals surface area contributed by atoms with Gasteiger partial charge < -0.3 is 11.1 Å². The molecule has 16 heavy (non-hydrogen) atoms. The third-order valence-electron chi connectivity index (χ3n) is 3.35. The van der Waals surface area contributed by atoms with E-state index in [4.69, 9.17) is 12.2 Å². The summed E-state index contributed by atoms with van der Waals surface area (Å²) in [5.41, 5.74) is 5.40. The van der Waals surface area contributed by atoms with Gasteiger partial charge in [0.15, 0.2) is 0 Å². The first-order valence-corrected chi connectivity index (χ1v) is 5.46. The molecule has 2 amide bonds. The number of nitrogens with zero attached hydrogens (tertiary/aromatic N) is 2. The normalized spacial score (nSPS) is 31.4. The monoisotopic (exact) mass is 220 g/mol. The second kappa shape index (κ2) is 3.80. The van der Waals surface area contributed by atoms with Crippen molar-refractivity contribution in [1.29, 1.82) is 0 Å². The molecule has 0 aromatic heterocycles. The molecule has 0 aromatic carbocycles. The number of rotatable bonds is 1. The van der Waals surface area contributed by atoms with Gasteiger partial charge in [-0.2, -0.15) is 4.99 Å². The highest BCUT2D eigenvalue weighted by atomic mass is 16.2. The Bertz CT molecular complexity index is 376. The van der Waals surface area contributed by atoms with E-state index >= 15 is 0 Å². The number of nitrogens with two attached hydrogens (primary N) is 1. The highest BCUT2D eigenvalue weighted by Crippen LogP contribution is 2.31. The van der Waals surface area contributed by atoms with Crippen LogP contribution < -0.4 is 11.1 Å². The van der Waals surface area contributed by atoms with Gasteiger partial charge in [0.25, 0.3) is 0 Å². The number of piperidine rings is 1. The van der Waals surface area contributed by atoms with E-state index < -0.39 is 5.54 Å². The van der Waals surface area contributed by atoms with E-state index in [9.17, 15) is 4.79 Å². The van der Waals surface area contributed by atoms with Crippen molar-refractivity contribution in [2.45, 2.75) is 31.3 Å². The molecule has 86 valence electrons. The van der Waals surface area contributed by atoms with Crippen molar-refractivity contribution in [2.75, 3.05) is 13.1 Å². The van der Waals surface area contributed by atoms with E-state index in [-0.39, 0.29) is 12.1 Å². The molecular formula is C11H16N4O. The third-order valence-corrected chi connectivity index (χ3v) is 3.35. The summed E-state index contributed by atoms with van der Waals surface area (Å²) in [4.78, 5) is 17.3. The van der Waals surface area contributed by atoms with Gasteiger partial charge in [0.05, 0.1) is 6.04 Å². The molecule has 5 nitrogen and oxygen atoms in total. The number of amides is 2. The maximum Gasteiger partial charge on any atom is 0.347 e. The van der Waals surface area contributed by atoms with Crippen LogP contribution in [0.5, 0.6) is 0 Å². The number of amidine groups is 1. The Morgan fingerprint density at radius 2 is 2.50 bits per heavy atom. The first-order chi connectivity index (χ1) is 7.62. The molecule has 1 fully saturated rings. The lowest BCUT2D eigenvalue weighted by molar-refractivity contribution is 0.138. The van der Waals surface area contributed by atoms with E-state index in [0.29, 0.717) is 12.4 Å². The molecule has 2 heterocycles. The Balaban J connectivity index is 2.36. The van der Waals surface area contributed by atoms with Gasteiger partial charge in [-0.15, -0.1) is 6.42 Å². The van der Waals surface area contributed by atoms with Gasteiger partial charge in [-0.1, -0.05) is 5.92 Å². The number of terminal acetylenes is 1. The smallest absolute Gasteiger partial charge is 0.347 e. The van der Waals surface area contributed by atoms with E-state index in [1.165, 1.54) is 0 Å². The Hall–Kier alpha value is -1.54. The molecule has 2 rings (SSSR count). The summed E-state index contributed by atoms with van der Waals surface area (Å²) in [6.45, 7) is 3.41. The molecule has 1 spiro atoms. The zero-order valence-corrected chi connectivity index (χ0v) is 9.36. The molecule has 0 aliphatic carbocycles. The molecule has 2 unspecified atom stereocenters. The van der Waals surface area contributed by atoms with Crippen LogP contribution in [0.4, 0.5) is 4.79 Å². The number of hydrogen-bond acceptors (Lipinski definition) is 3. The number of carbonyl (C=O) groups excluding carboxylic acids is 1. The van der Waals surface area contributed by atoms with Crippen LogP contribution in [0.1, 0.15) is 19.8 Å². The van der Waals surface area contributed by atoms with Crippen LogP contribution >= 0.6 is 0 Å². The van der Waals surface area contributed by atoms with Gasteiger partial charge >= 0.3 is 6.03 Å². The molecule has 3 N–H and O–H groups in total. The molecule has 5 heteroatoms. The van der Waals surface area contributed by atoms with Crippen LogP contribution in [0.25, 0.3) is 0 Å². The number of urea groups is 1. The fraction of sp³-hybridized carbons (Fsp3) is 0.636. The number of aliphatic imine (C=N–C) groups is 1. The summed E-state index contributed by atoms with van der Waals surface area (Å²) in [7, 11) is 0. The van der Waals surface area contributed by atoms with E-state index in [2.05, 4.69) is 16.2 Å². The topological polar surface area (TPSA) is 70.7 Å². The Morgan fingerprint density at radius 3 is 3.06 bits per heavy atom. The van der Waals surface area contributed by atoms with E-state index in [1.807, 2.05) is 6.92 Å². The van der Waals surface area contributed by atoms with Crippen molar-refractivity contribution in [3.63, 3.8) is 0 Å². The predicted octanol–water partition coefficient (Wildman–Crippen LogP) is -0.0769.